The molecule has 1 saturated heterocycles. The Morgan fingerprint density at radius 2 is 2.18 bits per heavy atom. The summed E-state index contributed by atoms with van der Waals surface area (Å²) in [5.74, 6) is -0.821. The van der Waals surface area contributed by atoms with Crippen molar-refractivity contribution in [3.63, 3.8) is 0 Å². The molecule has 0 aromatic carbocycles. The molecule has 5 heteroatoms. The first-order valence-corrected chi connectivity index (χ1v) is 3.37. The first kappa shape index (κ1) is 10.7. The van der Waals surface area contributed by atoms with Crippen molar-refractivity contribution in [3.05, 3.63) is 0 Å². The van der Waals surface area contributed by atoms with E-state index in [1.165, 1.54) is 0 Å². The Kier molecular flexibility index (Phi) is 3.78. The van der Waals surface area contributed by atoms with Crippen molar-refractivity contribution < 1.29 is 32.7 Å². The highest BCUT2D eigenvalue weighted by molar-refractivity contribution is 5.72. The van der Waals surface area contributed by atoms with Gasteiger partial charge in [0.1, 0.15) is 6.10 Å². The minimum absolute atomic E-state index is 0. The van der Waals surface area contributed by atoms with Crippen molar-refractivity contribution in [3.8, 4) is 0 Å². The summed E-state index contributed by atoms with van der Waals surface area (Å²) in [5.41, 5.74) is 0. The van der Waals surface area contributed by atoms with Gasteiger partial charge in [-0.1, -0.05) is 6.92 Å². The summed E-state index contributed by atoms with van der Waals surface area (Å²) >= 11 is 0. The van der Waals surface area contributed by atoms with Crippen molar-refractivity contribution >= 4 is 5.97 Å². The number of aliphatic hydroxyl groups is 1. The molecule has 0 amide bonds. The number of hydrogen-bond donors (Lipinski definition) is 3. The second-order valence-corrected chi connectivity index (χ2v) is 2.80. The molecule has 0 bridgehead atoms. The van der Waals surface area contributed by atoms with Gasteiger partial charge in [-0.3, -0.25) is 0 Å². The van der Waals surface area contributed by atoms with Crippen molar-refractivity contribution in [1.82, 2.24) is 0 Å². The number of rotatable bonds is 1. The van der Waals surface area contributed by atoms with Gasteiger partial charge in [-0.25, -0.2) is 4.79 Å². The van der Waals surface area contributed by atoms with Gasteiger partial charge in [-0.2, -0.15) is 0 Å². The lowest BCUT2D eigenvalue weighted by Crippen LogP contribution is -3.00. The molecule has 4 nitrogen and oxygen atoms in total. The molecule has 0 aliphatic carbocycles. The van der Waals surface area contributed by atoms with Crippen molar-refractivity contribution in [2.75, 3.05) is 6.54 Å². The molecule has 11 heavy (non-hydrogen) atoms. The van der Waals surface area contributed by atoms with Crippen LogP contribution in [-0.2, 0) is 4.79 Å². The lowest BCUT2D eigenvalue weighted by molar-refractivity contribution is -0.663. The van der Waals surface area contributed by atoms with Gasteiger partial charge in [-0.15, -0.1) is 0 Å². The van der Waals surface area contributed by atoms with Crippen LogP contribution in [0.4, 0.5) is 0 Å². The summed E-state index contributed by atoms with van der Waals surface area (Å²) in [6.07, 6.45) is -0.683. The second kappa shape index (κ2) is 3.90. The van der Waals surface area contributed by atoms with Crippen LogP contribution in [0.25, 0.3) is 0 Å². The van der Waals surface area contributed by atoms with Crippen LogP contribution >= 0.6 is 0 Å². The van der Waals surface area contributed by atoms with Crippen LogP contribution in [0.1, 0.15) is 6.92 Å². The predicted molar refractivity (Wildman–Crippen MR) is 33.4 cm³/mol. The Bertz CT molecular complexity index is 153. The van der Waals surface area contributed by atoms with Gasteiger partial charge < -0.3 is 27.9 Å². The number of carboxylic acids is 1. The van der Waals surface area contributed by atoms with Gasteiger partial charge in [0.15, 0.2) is 0 Å². The van der Waals surface area contributed by atoms with E-state index < -0.39 is 18.1 Å². The number of carboxylic acid groups (broad SMARTS) is 1. The summed E-state index contributed by atoms with van der Waals surface area (Å²) in [7, 11) is 0. The Morgan fingerprint density at radius 3 is 2.36 bits per heavy atom. The molecule has 0 aromatic heterocycles. The number of hydrogen-bond acceptors (Lipinski definition) is 2. The molecule has 1 aliphatic rings. The predicted octanol–water partition coefficient (Wildman–Crippen LogP) is -4.98. The molecule has 0 spiro atoms. The third-order valence-electron chi connectivity index (χ3n) is 2.00. The fourth-order valence-electron chi connectivity index (χ4n) is 1.24. The summed E-state index contributed by atoms with van der Waals surface area (Å²) in [6, 6.07) is -0.644. The maximum absolute atomic E-state index is 10.4. The van der Waals surface area contributed by atoms with Crippen LogP contribution in [0.2, 0.25) is 0 Å². The van der Waals surface area contributed by atoms with Gasteiger partial charge in [-0.05, 0) is 0 Å². The number of nitrogens with two attached hydrogens (primary N) is 1. The fourth-order valence-corrected chi connectivity index (χ4v) is 1.24. The van der Waals surface area contributed by atoms with Crippen LogP contribution in [0, 0.1) is 5.92 Å². The third kappa shape index (κ3) is 2.05. The molecule has 1 aliphatic heterocycles. The van der Waals surface area contributed by atoms with E-state index in [1.54, 1.807) is 5.32 Å². The fraction of sp³-hybridized carbons (Fsp3) is 0.833. The first-order valence-electron chi connectivity index (χ1n) is 3.37. The van der Waals surface area contributed by atoms with Crippen molar-refractivity contribution in [2.24, 2.45) is 5.92 Å². The highest BCUT2D eigenvalue weighted by Gasteiger charge is 2.40. The van der Waals surface area contributed by atoms with E-state index in [4.69, 9.17) is 5.11 Å². The van der Waals surface area contributed by atoms with E-state index in [-0.39, 0.29) is 18.3 Å². The first-order chi connectivity index (χ1) is 4.63. The standard InChI is InChI=1S/C6H11NO3.ClH/c1-3-2-7-4(5(3)8)6(9)10;/h3-5,7-8H,2H2,1H3,(H,9,10);1H/t3-,4-,5-;/m0./s1. The van der Waals surface area contributed by atoms with E-state index in [0.717, 1.165) is 0 Å². The Hall–Kier alpha value is -0.320. The SMILES string of the molecule is C[C@H]1C[NH2+][C@H](C(=O)O)[C@H]1O.[Cl-]. The molecule has 1 rings (SSSR count). The van der Waals surface area contributed by atoms with E-state index in [1.807, 2.05) is 6.92 Å². The third-order valence-corrected chi connectivity index (χ3v) is 2.00. The minimum Gasteiger partial charge on any atom is -1.00 e. The topological polar surface area (TPSA) is 74.1 Å². The summed E-state index contributed by atoms with van der Waals surface area (Å²) in [5, 5.41) is 19.4. The molecular weight excluding hydrogens is 170 g/mol. The lowest BCUT2D eigenvalue weighted by atomic mass is 10.0. The number of quaternary nitrogens is 1. The van der Waals surface area contributed by atoms with Crippen molar-refractivity contribution in [2.45, 2.75) is 19.1 Å². The second-order valence-electron chi connectivity index (χ2n) is 2.80. The zero-order chi connectivity index (χ0) is 7.72. The summed E-state index contributed by atoms with van der Waals surface area (Å²) < 4.78 is 0. The zero-order valence-corrected chi connectivity index (χ0v) is 6.95. The van der Waals surface area contributed by atoms with Gasteiger partial charge in [0, 0.05) is 5.92 Å². The Morgan fingerprint density at radius 1 is 1.64 bits per heavy atom. The van der Waals surface area contributed by atoms with E-state index >= 15 is 0 Å². The molecule has 4 N–H and O–H groups in total. The minimum atomic E-state index is -0.920. The highest BCUT2D eigenvalue weighted by Crippen LogP contribution is 2.07. The molecule has 66 valence electrons. The number of carbonyl (C=O) groups is 1. The van der Waals surface area contributed by atoms with Crippen LogP contribution in [0.5, 0.6) is 0 Å². The van der Waals surface area contributed by atoms with Crippen LogP contribution in [-0.4, -0.2) is 34.9 Å². The van der Waals surface area contributed by atoms with Gasteiger partial charge in [0.25, 0.3) is 0 Å². The average Bonchev–Trinajstić information content (AvgIpc) is 2.14. The monoisotopic (exact) mass is 181 g/mol. The summed E-state index contributed by atoms with van der Waals surface area (Å²) in [4.78, 5) is 10.4. The Labute approximate surface area is 71.0 Å². The maximum atomic E-state index is 10.4. The lowest BCUT2D eigenvalue weighted by Gasteiger charge is -2.06. The molecule has 1 fully saturated rings. The number of halogens is 1. The Balaban J connectivity index is 0.000001000. The van der Waals surface area contributed by atoms with E-state index in [2.05, 4.69) is 0 Å². The quantitative estimate of drug-likeness (QED) is 0.380. The number of aliphatic carboxylic acids is 1. The zero-order valence-electron chi connectivity index (χ0n) is 6.20. The van der Waals surface area contributed by atoms with Gasteiger partial charge in [0.05, 0.1) is 6.54 Å². The highest BCUT2D eigenvalue weighted by atomic mass is 35.5. The molecule has 3 atom stereocenters. The largest absolute Gasteiger partial charge is 1.00 e. The average molecular weight is 182 g/mol. The molecule has 1 heterocycles. The molecule has 0 aromatic rings. The molecular formula is C6H12ClNO3. The summed E-state index contributed by atoms with van der Waals surface area (Å²) in [6.45, 7) is 2.56. The maximum Gasteiger partial charge on any atom is 0.365 e. The smallest absolute Gasteiger partial charge is 0.365 e. The van der Waals surface area contributed by atoms with E-state index in [9.17, 15) is 9.90 Å². The van der Waals surface area contributed by atoms with Gasteiger partial charge >= 0.3 is 5.97 Å². The normalized spacial score (nSPS) is 36.4. The van der Waals surface area contributed by atoms with Crippen molar-refractivity contribution in [1.29, 1.82) is 0 Å². The molecule has 0 unspecified atom stereocenters. The van der Waals surface area contributed by atoms with Crippen LogP contribution in [0.3, 0.4) is 0 Å². The molecule has 0 saturated carbocycles. The number of aliphatic hydroxyl groups excluding tert-OH is 1. The van der Waals surface area contributed by atoms with E-state index in [0.29, 0.717) is 6.54 Å². The van der Waals surface area contributed by atoms with Gasteiger partial charge in [0.2, 0.25) is 6.04 Å². The molecule has 0 radical (unpaired) electrons. The van der Waals surface area contributed by atoms with Crippen LogP contribution < -0.4 is 17.7 Å². The van der Waals surface area contributed by atoms with Crippen LogP contribution in [0.15, 0.2) is 0 Å².